The third-order valence-corrected chi connectivity index (χ3v) is 3.42. The quantitative estimate of drug-likeness (QED) is 0.764. The first kappa shape index (κ1) is 14.0. The van der Waals surface area contributed by atoms with Crippen molar-refractivity contribution in [3.05, 3.63) is 35.4 Å². The van der Waals surface area contributed by atoms with Crippen LogP contribution in [0.1, 0.15) is 36.5 Å². The maximum Gasteiger partial charge on any atom is 0.222 e. The topological polar surface area (TPSA) is 64.3 Å². The normalized spacial score (nSPS) is 17.8. The molecule has 1 heterocycles. The zero-order valence-electron chi connectivity index (χ0n) is 11.2. The molecule has 0 saturated carbocycles. The highest BCUT2D eigenvalue weighted by Gasteiger charge is 2.22. The molecule has 1 aromatic rings. The molecule has 1 aliphatic rings. The monoisotopic (exact) mass is 262 g/mol. The minimum Gasteiger partial charge on any atom is -0.373 e. The van der Waals surface area contributed by atoms with Gasteiger partial charge in [-0.1, -0.05) is 24.3 Å². The number of hydrogen-bond acceptors (Lipinski definition) is 3. The molecule has 4 heteroatoms. The lowest BCUT2D eigenvalue weighted by Crippen LogP contribution is -2.28. The average molecular weight is 262 g/mol. The Morgan fingerprint density at radius 2 is 2.21 bits per heavy atom. The summed E-state index contributed by atoms with van der Waals surface area (Å²) in [6.07, 6.45) is 3.12. The SMILES string of the molecule is NCCCCNC(=O)CC1OCCc2ccccc21. The largest absolute Gasteiger partial charge is 0.373 e. The van der Waals surface area contributed by atoms with Crippen molar-refractivity contribution < 1.29 is 9.53 Å². The second kappa shape index (κ2) is 7.26. The standard InChI is InChI=1S/C15H22N2O2/c16-8-3-4-9-17-15(18)11-14-13-6-2-1-5-12(13)7-10-19-14/h1-2,5-6,14H,3-4,7-11,16H2,(H,17,18). The number of ether oxygens (including phenoxy) is 1. The van der Waals surface area contributed by atoms with E-state index in [0.717, 1.165) is 24.8 Å². The molecule has 1 atom stereocenters. The van der Waals surface area contributed by atoms with E-state index in [4.69, 9.17) is 10.5 Å². The molecule has 0 aliphatic carbocycles. The van der Waals surface area contributed by atoms with Gasteiger partial charge in [0.05, 0.1) is 19.1 Å². The molecule has 0 aromatic heterocycles. The number of benzene rings is 1. The molecule has 0 bridgehead atoms. The molecule has 0 spiro atoms. The predicted molar refractivity (Wildman–Crippen MR) is 74.8 cm³/mol. The van der Waals surface area contributed by atoms with Crippen LogP contribution in [0.4, 0.5) is 0 Å². The number of nitrogens with one attached hydrogen (secondary N) is 1. The maximum absolute atomic E-state index is 11.9. The zero-order valence-corrected chi connectivity index (χ0v) is 11.2. The predicted octanol–water partition coefficient (Wildman–Crippen LogP) is 1.55. The van der Waals surface area contributed by atoms with Crippen LogP contribution in [0.15, 0.2) is 24.3 Å². The molecular formula is C15H22N2O2. The van der Waals surface area contributed by atoms with Crippen molar-refractivity contribution in [2.75, 3.05) is 19.7 Å². The first-order valence-electron chi connectivity index (χ1n) is 6.97. The van der Waals surface area contributed by atoms with Gasteiger partial charge in [-0.2, -0.15) is 0 Å². The first-order chi connectivity index (χ1) is 9.31. The van der Waals surface area contributed by atoms with Gasteiger partial charge in [0.1, 0.15) is 0 Å². The number of fused-ring (bicyclic) bond motifs is 1. The fourth-order valence-corrected chi connectivity index (χ4v) is 2.38. The number of rotatable bonds is 6. The Bertz CT molecular complexity index is 420. The van der Waals surface area contributed by atoms with Gasteiger partial charge in [0.15, 0.2) is 0 Å². The highest BCUT2D eigenvalue weighted by Crippen LogP contribution is 2.29. The van der Waals surface area contributed by atoms with Crippen molar-refractivity contribution >= 4 is 5.91 Å². The average Bonchev–Trinajstić information content (AvgIpc) is 2.44. The van der Waals surface area contributed by atoms with Gasteiger partial charge in [0, 0.05) is 6.54 Å². The van der Waals surface area contributed by atoms with Crippen molar-refractivity contribution in [2.24, 2.45) is 5.73 Å². The van der Waals surface area contributed by atoms with Crippen LogP contribution in [0.25, 0.3) is 0 Å². The van der Waals surface area contributed by atoms with Gasteiger partial charge in [0.2, 0.25) is 5.91 Å². The number of nitrogens with two attached hydrogens (primary N) is 1. The fourth-order valence-electron chi connectivity index (χ4n) is 2.38. The van der Waals surface area contributed by atoms with Crippen molar-refractivity contribution in [3.63, 3.8) is 0 Å². The maximum atomic E-state index is 11.9. The van der Waals surface area contributed by atoms with E-state index in [1.165, 1.54) is 5.56 Å². The number of carbonyl (C=O) groups is 1. The van der Waals surface area contributed by atoms with E-state index in [9.17, 15) is 4.79 Å². The van der Waals surface area contributed by atoms with E-state index < -0.39 is 0 Å². The lowest BCUT2D eigenvalue weighted by molar-refractivity contribution is -0.124. The molecule has 0 fully saturated rings. The van der Waals surface area contributed by atoms with Gasteiger partial charge in [-0.15, -0.1) is 0 Å². The summed E-state index contributed by atoms with van der Waals surface area (Å²) in [4.78, 5) is 11.9. The minimum atomic E-state index is -0.0977. The van der Waals surface area contributed by atoms with E-state index in [2.05, 4.69) is 17.4 Å². The third kappa shape index (κ3) is 4.04. The number of amides is 1. The second-order valence-corrected chi connectivity index (χ2v) is 4.86. The molecule has 0 radical (unpaired) electrons. The molecule has 0 saturated heterocycles. The smallest absolute Gasteiger partial charge is 0.222 e. The molecule has 104 valence electrons. The number of hydrogen-bond donors (Lipinski definition) is 2. The van der Waals surface area contributed by atoms with Crippen molar-refractivity contribution in [1.29, 1.82) is 0 Å². The molecule has 1 unspecified atom stereocenters. The molecule has 1 aliphatic heterocycles. The van der Waals surface area contributed by atoms with Gasteiger partial charge in [-0.3, -0.25) is 4.79 Å². The number of carbonyl (C=O) groups excluding carboxylic acids is 1. The van der Waals surface area contributed by atoms with Crippen LogP contribution in [0.2, 0.25) is 0 Å². The Morgan fingerprint density at radius 3 is 3.05 bits per heavy atom. The van der Waals surface area contributed by atoms with Gasteiger partial charge in [-0.25, -0.2) is 0 Å². The molecule has 3 N–H and O–H groups in total. The van der Waals surface area contributed by atoms with Gasteiger partial charge in [-0.05, 0) is 36.9 Å². The minimum absolute atomic E-state index is 0.0544. The molecule has 1 amide bonds. The third-order valence-electron chi connectivity index (χ3n) is 3.42. The van der Waals surface area contributed by atoms with Crippen molar-refractivity contribution in [3.8, 4) is 0 Å². The van der Waals surface area contributed by atoms with Crippen molar-refractivity contribution in [2.45, 2.75) is 31.8 Å². The van der Waals surface area contributed by atoms with E-state index in [1.807, 2.05) is 12.1 Å². The lowest BCUT2D eigenvalue weighted by atomic mass is 9.95. The second-order valence-electron chi connectivity index (χ2n) is 4.86. The Labute approximate surface area is 114 Å². The summed E-state index contributed by atoms with van der Waals surface area (Å²) in [5, 5.41) is 2.92. The van der Waals surface area contributed by atoms with Crippen LogP contribution in [0.5, 0.6) is 0 Å². The summed E-state index contributed by atoms with van der Waals surface area (Å²) in [7, 11) is 0. The summed E-state index contributed by atoms with van der Waals surface area (Å²) >= 11 is 0. The first-order valence-corrected chi connectivity index (χ1v) is 6.97. The highest BCUT2D eigenvalue weighted by molar-refractivity contribution is 5.76. The Morgan fingerprint density at radius 1 is 1.37 bits per heavy atom. The molecular weight excluding hydrogens is 240 g/mol. The summed E-state index contributed by atoms with van der Waals surface area (Å²) in [6.45, 7) is 2.07. The summed E-state index contributed by atoms with van der Waals surface area (Å²) in [6, 6.07) is 8.21. The number of unbranched alkanes of at least 4 members (excludes halogenated alkanes) is 1. The Hall–Kier alpha value is -1.39. The van der Waals surface area contributed by atoms with E-state index in [-0.39, 0.29) is 12.0 Å². The summed E-state index contributed by atoms with van der Waals surface area (Å²) in [5.74, 6) is 0.0544. The van der Waals surface area contributed by atoms with Gasteiger partial charge >= 0.3 is 0 Å². The van der Waals surface area contributed by atoms with Gasteiger partial charge in [0.25, 0.3) is 0 Å². The van der Waals surface area contributed by atoms with Crippen molar-refractivity contribution in [1.82, 2.24) is 5.32 Å². The van der Waals surface area contributed by atoms with Crippen LogP contribution < -0.4 is 11.1 Å². The highest BCUT2D eigenvalue weighted by atomic mass is 16.5. The molecule has 2 rings (SSSR count). The van der Waals surface area contributed by atoms with Gasteiger partial charge < -0.3 is 15.8 Å². The molecule has 19 heavy (non-hydrogen) atoms. The molecule has 4 nitrogen and oxygen atoms in total. The van der Waals surface area contributed by atoms with E-state index in [1.54, 1.807) is 0 Å². The van der Waals surface area contributed by atoms with E-state index >= 15 is 0 Å². The Balaban J connectivity index is 1.85. The lowest BCUT2D eigenvalue weighted by Gasteiger charge is -2.25. The fraction of sp³-hybridized carbons (Fsp3) is 0.533. The van der Waals surface area contributed by atoms with Crippen LogP contribution in [0.3, 0.4) is 0 Å². The zero-order chi connectivity index (χ0) is 13.5. The Kier molecular flexibility index (Phi) is 5.36. The summed E-state index contributed by atoms with van der Waals surface area (Å²) < 4.78 is 5.72. The van der Waals surface area contributed by atoms with Crippen LogP contribution in [-0.2, 0) is 16.0 Å². The molecule has 1 aromatic carbocycles. The van der Waals surface area contributed by atoms with Crippen LogP contribution in [0, 0.1) is 0 Å². The van der Waals surface area contributed by atoms with E-state index in [0.29, 0.717) is 26.1 Å². The van der Waals surface area contributed by atoms with Crippen LogP contribution >= 0.6 is 0 Å². The van der Waals surface area contributed by atoms with Crippen LogP contribution in [-0.4, -0.2) is 25.6 Å². The summed E-state index contributed by atoms with van der Waals surface area (Å²) in [5.41, 5.74) is 7.87.